The fraction of sp³-hybridized carbons (Fsp3) is 0.207. The van der Waals surface area contributed by atoms with Gasteiger partial charge in [0.05, 0.1) is 12.6 Å². The van der Waals surface area contributed by atoms with E-state index in [2.05, 4.69) is 49.9 Å². The Labute approximate surface area is 198 Å². The molecule has 0 saturated carbocycles. The molecule has 5 nitrogen and oxygen atoms in total. The van der Waals surface area contributed by atoms with E-state index in [0.717, 1.165) is 27.7 Å². The summed E-state index contributed by atoms with van der Waals surface area (Å²) >= 11 is 0. The van der Waals surface area contributed by atoms with Gasteiger partial charge in [0.15, 0.2) is 0 Å². The minimum absolute atomic E-state index is 0.0904. The molecule has 170 valence electrons. The summed E-state index contributed by atoms with van der Waals surface area (Å²) in [5.41, 5.74) is 3.03. The molecular weight excluding hydrogens is 424 g/mol. The molecule has 0 aromatic heterocycles. The highest BCUT2D eigenvalue weighted by atomic mass is 16.3. The zero-order valence-electron chi connectivity index (χ0n) is 19.8. The molecule has 1 heterocycles. The fourth-order valence-corrected chi connectivity index (χ4v) is 5.15. The van der Waals surface area contributed by atoms with Crippen molar-refractivity contribution in [1.82, 2.24) is 4.58 Å². The standard InChI is InChI=1S/C29H26N2O3/c1-5-30-24(29(3,4)23-16-15-19-11-9-10-14-21(19)25(23)30)17-22-27(33)26(28(22)34)31(18(2)32)20-12-7-6-8-13-20/h6-17H,5H2,1-4H3. The normalized spacial score (nSPS) is 16.8. The summed E-state index contributed by atoms with van der Waals surface area (Å²) in [5, 5.41) is 15.4. The lowest BCUT2D eigenvalue weighted by Gasteiger charge is -2.27. The molecule has 0 atom stereocenters. The summed E-state index contributed by atoms with van der Waals surface area (Å²) in [5.74, 6) is -0.769. The third-order valence-corrected chi connectivity index (χ3v) is 6.84. The Balaban J connectivity index is 1.72. The molecule has 0 unspecified atom stereocenters. The van der Waals surface area contributed by atoms with Gasteiger partial charge in [-0.1, -0.05) is 68.4 Å². The number of para-hydroxylation sites is 1. The predicted molar refractivity (Wildman–Crippen MR) is 135 cm³/mol. The van der Waals surface area contributed by atoms with Crippen molar-refractivity contribution >= 4 is 34.1 Å². The van der Waals surface area contributed by atoms with E-state index >= 15 is 0 Å². The SMILES string of the molecule is CCN1C(=Cc2c([O-])c(=[N+](C(C)=O)c3ccccc3)c2=O)C(C)(C)c2ccc3ccccc3c21. The maximum Gasteiger partial charge on any atom is 0.390 e. The second kappa shape index (κ2) is 7.80. The van der Waals surface area contributed by atoms with Crippen molar-refractivity contribution in [2.24, 2.45) is 0 Å². The molecule has 0 radical (unpaired) electrons. The Hall–Kier alpha value is -3.99. The van der Waals surface area contributed by atoms with Crippen molar-refractivity contribution in [3.05, 3.63) is 99.1 Å². The Morgan fingerprint density at radius 2 is 1.71 bits per heavy atom. The summed E-state index contributed by atoms with van der Waals surface area (Å²) in [4.78, 5) is 27.8. The summed E-state index contributed by atoms with van der Waals surface area (Å²) in [7, 11) is 0. The number of anilines is 1. The average molecular weight is 451 g/mol. The van der Waals surface area contributed by atoms with Crippen LogP contribution in [0.15, 0.2) is 77.2 Å². The van der Waals surface area contributed by atoms with E-state index in [1.807, 2.05) is 18.2 Å². The lowest BCUT2D eigenvalue weighted by Crippen LogP contribution is -2.48. The lowest BCUT2D eigenvalue weighted by atomic mass is 9.82. The molecule has 0 bridgehead atoms. The first-order chi connectivity index (χ1) is 16.3. The molecule has 0 fully saturated rings. The maximum atomic E-state index is 13.2. The van der Waals surface area contributed by atoms with Crippen molar-refractivity contribution in [3.63, 3.8) is 0 Å². The van der Waals surface area contributed by atoms with Crippen LogP contribution in [0.3, 0.4) is 0 Å². The number of rotatable bonds is 3. The molecule has 4 aromatic rings. The van der Waals surface area contributed by atoms with Gasteiger partial charge < -0.3 is 10.0 Å². The molecule has 5 heteroatoms. The van der Waals surface area contributed by atoms with Crippen LogP contribution >= 0.6 is 0 Å². The van der Waals surface area contributed by atoms with Crippen LogP contribution in [0.25, 0.3) is 16.8 Å². The van der Waals surface area contributed by atoms with Gasteiger partial charge in [-0.25, -0.2) is 4.79 Å². The number of allylic oxidation sites excluding steroid dienone is 1. The van der Waals surface area contributed by atoms with Crippen LogP contribution in [0, 0.1) is 0 Å². The molecule has 1 aliphatic heterocycles. The third kappa shape index (κ3) is 3.04. The average Bonchev–Trinajstić information content (AvgIpc) is 3.06. The highest BCUT2D eigenvalue weighted by Crippen LogP contribution is 2.51. The van der Waals surface area contributed by atoms with Gasteiger partial charge in [-0.15, -0.1) is 4.58 Å². The number of likely N-dealkylation sites (N-methyl/N-ethyl adjacent to an activating group) is 1. The van der Waals surface area contributed by atoms with Gasteiger partial charge in [0.1, 0.15) is 0 Å². The second-order valence-corrected chi connectivity index (χ2v) is 9.19. The summed E-state index contributed by atoms with van der Waals surface area (Å²) in [6.45, 7) is 8.36. The van der Waals surface area contributed by atoms with E-state index in [1.165, 1.54) is 11.5 Å². The minimum Gasteiger partial charge on any atom is -0.867 e. The molecule has 4 aromatic carbocycles. The number of nitrogens with zero attached hydrogens (tertiary/aromatic N) is 2. The number of amides is 1. The highest BCUT2D eigenvalue weighted by Gasteiger charge is 2.41. The largest absolute Gasteiger partial charge is 0.867 e. The molecular formula is C29H26N2O3. The van der Waals surface area contributed by atoms with Gasteiger partial charge in [0.25, 0.3) is 10.8 Å². The number of carbonyl (C=O) groups excluding carboxylic acids is 1. The molecule has 0 N–H and O–H groups in total. The fourth-order valence-electron chi connectivity index (χ4n) is 5.15. The first-order valence-electron chi connectivity index (χ1n) is 11.5. The van der Waals surface area contributed by atoms with E-state index in [4.69, 9.17) is 0 Å². The number of benzene rings is 3. The van der Waals surface area contributed by atoms with Crippen LogP contribution in [-0.4, -0.2) is 12.5 Å². The van der Waals surface area contributed by atoms with Gasteiger partial charge in [-0.3, -0.25) is 4.79 Å². The van der Waals surface area contributed by atoms with Gasteiger partial charge in [0.2, 0.25) is 5.69 Å². The van der Waals surface area contributed by atoms with Crippen LogP contribution in [0.5, 0.6) is 5.75 Å². The van der Waals surface area contributed by atoms with Crippen LogP contribution < -0.4 is 25.4 Å². The van der Waals surface area contributed by atoms with Gasteiger partial charge in [-0.05, 0) is 29.7 Å². The van der Waals surface area contributed by atoms with Gasteiger partial charge >= 0.3 is 5.91 Å². The van der Waals surface area contributed by atoms with Crippen molar-refractivity contribution in [1.29, 1.82) is 0 Å². The van der Waals surface area contributed by atoms with Crippen LogP contribution in [-0.2, 0) is 10.2 Å². The first-order valence-corrected chi connectivity index (χ1v) is 11.5. The number of hydrogen-bond donors (Lipinski definition) is 0. The molecule has 0 aliphatic carbocycles. The second-order valence-electron chi connectivity index (χ2n) is 9.19. The summed E-state index contributed by atoms with van der Waals surface area (Å²) in [6, 6.07) is 21.3. The van der Waals surface area contributed by atoms with Crippen molar-refractivity contribution in [2.45, 2.75) is 33.1 Å². The van der Waals surface area contributed by atoms with E-state index in [1.54, 1.807) is 30.3 Å². The number of hydrogen-bond acceptors (Lipinski definition) is 4. The smallest absolute Gasteiger partial charge is 0.390 e. The van der Waals surface area contributed by atoms with Crippen molar-refractivity contribution in [2.75, 3.05) is 11.4 Å². The zero-order chi connectivity index (χ0) is 24.2. The third-order valence-electron chi connectivity index (χ3n) is 6.84. The van der Waals surface area contributed by atoms with Crippen LogP contribution in [0.1, 0.15) is 38.8 Å². The molecule has 1 amide bonds. The van der Waals surface area contributed by atoms with Crippen LogP contribution in [0.4, 0.5) is 11.4 Å². The van der Waals surface area contributed by atoms with E-state index in [9.17, 15) is 14.7 Å². The Morgan fingerprint density at radius 1 is 1.03 bits per heavy atom. The Morgan fingerprint density at radius 3 is 2.35 bits per heavy atom. The van der Waals surface area contributed by atoms with Gasteiger partial charge in [-0.2, -0.15) is 0 Å². The highest BCUT2D eigenvalue weighted by molar-refractivity contribution is 6.00. The summed E-state index contributed by atoms with van der Waals surface area (Å²) < 4.78 is 1.21. The Bertz CT molecular complexity index is 1570. The number of fused-ring (bicyclic) bond motifs is 3. The molecule has 0 saturated heterocycles. The molecule has 5 rings (SSSR count). The quantitative estimate of drug-likeness (QED) is 0.443. The predicted octanol–water partition coefficient (Wildman–Crippen LogP) is 3.96. The van der Waals surface area contributed by atoms with E-state index in [0.29, 0.717) is 12.2 Å². The maximum absolute atomic E-state index is 13.2. The molecule has 0 spiro atoms. The molecule has 1 aliphatic rings. The van der Waals surface area contributed by atoms with Crippen molar-refractivity contribution in [3.8, 4) is 5.75 Å². The van der Waals surface area contributed by atoms with Crippen LogP contribution in [0.2, 0.25) is 0 Å². The first kappa shape index (κ1) is 21.8. The van der Waals surface area contributed by atoms with Crippen molar-refractivity contribution < 1.29 is 9.90 Å². The van der Waals surface area contributed by atoms with Gasteiger partial charge in [0, 0.05) is 40.7 Å². The Kier molecular flexibility index (Phi) is 5.01. The van der Waals surface area contributed by atoms with E-state index in [-0.39, 0.29) is 16.8 Å². The summed E-state index contributed by atoms with van der Waals surface area (Å²) in [6.07, 6.45) is 1.73. The topological polar surface area (TPSA) is 63.4 Å². The zero-order valence-corrected chi connectivity index (χ0v) is 19.8. The molecule has 34 heavy (non-hydrogen) atoms. The van der Waals surface area contributed by atoms with E-state index < -0.39 is 16.6 Å². The number of carbonyl (C=O) groups is 1. The lowest BCUT2D eigenvalue weighted by molar-refractivity contribution is -0.272. The monoisotopic (exact) mass is 450 g/mol. The minimum atomic E-state index is -0.399.